The molecule has 202 valence electrons. The number of nitrogens with zero attached hydrogens (tertiary/aromatic N) is 6. The van der Waals surface area contributed by atoms with Gasteiger partial charge in [-0.15, -0.1) is 0 Å². The van der Waals surface area contributed by atoms with Crippen molar-refractivity contribution < 1.29 is 14.6 Å². The molecule has 0 aliphatic carbocycles. The smallest absolute Gasteiger partial charge is 0.271 e. The highest BCUT2D eigenvalue weighted by Crippen LogP contribution is 2.43. The molecule has 0 fully saturated rings. The van der Waals surface area contributed by atoms with Crippen molar-refractivity contribution in [2.45, 2.75) is 39.8 Å². The summed E-state index contributed by atoms with van der Waals surface area (Å²) in [6, 6.07) is 4.96. The molecule has 3 N–H and O–H groups in total. The Morgan fingerprint density at radius 1 is 1.26 bits per heavy atom. The highest BCUT2D eigenvalue weighted by Gasteiger charge is 2.26. The number of benzene rings is 1. The Hall–Kier alpha value is -4.20. The third-order valence-corrected chi connectivity index (χ3v) is 6.60. The fourth-order valence-corrected chi connectivity index (χ4v) is 4.47. The van der Waals surface area contributed by atoms with Crippen LogP contribution >= 0.6 is 11.6 Å². The zero-order chi connectivity index (χ0) is 28.4. The number of ether oxygens (including phenoxy) is 1. The fourth-order valence-electron chi connectivity index (χ4n) is 4.26. The second-order valence-electron chi connectivity index (χ2n) is 9.21. The second-order valence-corrected chi connectivity index (χ2v) is 9.62. The molecule has 11 heteroatoms. The van der Waals surface area contributed by atoms with Crippen molar-refractivity contribution in [3.63, 3.8) is 0 Å². The average Bonchev–Trinajstić information content (AvgIpc) is 3.29. The van der Waals surface area contributed by atoms with Crippen LogP contribution in [0.5, 0.6) is 5.75 Å². The molecule has 0 bridgehead atoms. The molecule has 4 aromatic rings. The number of carbonyl (C=O) groups is 1. The van der Waals surface area contributed by atoms with E-state index >= 15 is 0 Å². The number of anilines is 1. The zero-order valence-electron chi connectivity index (χ0n) is 22.7. The summed E-state index contributed by atoms with van der Waals surface area (Å²) in [4.78, 5) is 26.8. The van der Waals surface area contributed by atoms with Crippen molar-refractivity contribution in [3.05, 3.63) is 58.3 Å². The first-order valence-corrected chi connectivity index (χ1v) is 12.7. The number of fused-ring (bicyclic) bond motifs is 1. The van der Waals surface area contributed by atoms with Gasteiger partial charge >= 0.3 is 0 Å². The third-order valence-electron chi connectivity index (χ3n) is 6.21. The minimum Gasteiger partial charge on any atom is -0.493 e. The molecule has 2 atom stereocenters. The van der Waals surface area contributed by atoms with E-state index in [1.165, 1.54) is 11.2 Å². The topological polar surface area (TPSA) is 132 Å². The third kappa shape index (κ3) is 5.37. The Bertz CT molecular complexity index is 1600. The minimum absolute atomic E-state index is 0.190. The maximum atomic E-state index is 12.4. The predicted molar refractivity (Wildman–Crippen MR) is 151 cm³/mol. The van der Waals surface area contributed by atoms with Crippen LogP contribution in [-0.4, -0.2) is 67.5 Å². The van der Waals surface area contributed by atoms with Crippen molar-refractivity contribution in [1.29, 1.82) is 0 Å². The van der Waals surface area contributed by atoms with Gasteiger partial charge < -0.3 is 20.5 Å². The molecule has 39 heavy (non-hydrogen) atoms. The van der Waals surface area contributed by atoms with Crippen LogP contribution in [0.4, 0.5) is 5.82 Å². The van der Waals surface area contributed by atoms with Gasteiger partial charge in [0.2, 0.25) is 0 Å². The van der Waals surface area contributed by atoms with E-state index in [1.807, 2.05) is 32.9 Å². The van der Waals surface area contributed by atoms with E-state index in [2.05, 4.69) is 26.8 Å². The first kappa shape index (κ1) is 27.8. The molecule has 0 spiro atoms. The Morgan fingerprint density at radius 3 is 2.62 bits per heavy atom. The number of amides is 1. The molecule has 3 aromatic heterocycles. The summed E-state index contributed by atoms with van der Waals surface area (Å²) in [7, 11) is 3.36. The second kappa shape index (κ2) is 11.3. The molecular weight excluding hydrogens is 518 g/mol. The number of pyridine rings is 1. The maximum absolute atomic E-state index is 12.4. The maximum Gasteiger partial charge on any atom is 0.271 e. The molecule has 1 amide bonds. The summed E-state index contributed by atoms with van der Waals surface area (Å²) in [5.41, 5.74) is 10.4. The van der Waals surface area contributed by atoms with Gasteiger partial charge in [0.1, 0.15) is 35.4 Å². The van der Waals surface area contributed by atoms with Gasteiger partial charge in [-0.2, -0.15) is 5.10 Å². The lowest BCUT2D eigenvalue weighted by molar-refractivity contribution is 0.0822. The predicted octanol–water partition coefficient (Wildman–Crippen LogP) is 3.87. The van der Waals surface area contributed by atoms with Crippen molar-refractivity contribution in [2.24, 2.45) is 0 Å². The van der Waals surface area contributed by atoms with Gasteiger partial charge in [-0.25, -0.2) is 14.6 Å². The number of hydrogen-bond donors (Lipinski definition) is 2. The summed E-state index contributed by atoms with van der Waals surface area (Å²) in [6.45, 7) is 7.73. The van der Waals surface area contributed by atoms with Crippen molar-refractivity contribution in [2.75, 3.05) is 26.4 Å². The molecule has 0 saturated heterocycles. The summed E-state index contributed by atoms with van der Waals surface area (Å²) >= 11 is 6.77. The van der Waals surface area contributed by atoms with Gasteiger partial charge in [0, 0.05) is 42.0 Å². The number of aliphatic hydroxyl groups excluding tert-OH is 1. The number of aliphatic hydroxyl groups is 1. The minimum atomic E-state index is -0.843. The van der Waals surface area contributed by atoms with Crippen molar-refractivity contribution in [1.82, 2.24) is 29.6 Å². The molecule has 2 unspecified atom stereocenters. The molecule has 0 saturated carbocycles. The average molecular weight is 548 g/mol. The van der Waals surface area contributed by atoms with Crippen LogP contribution in [0.15, 0.2) is 30.7 Å². The van der Waals surface area contributed by atoms with E-state index in [9.17, 15) is 9.90 Å². The largest absolute Gasteiger partial charge is 0.493 e. The molecule has 10 nitrogen and oxygen atoms in total. The number of nitrogen functional groups attached to an aromatic ring is 1. The van der Waals surface area contributed by atoms with E-state index in [0.29, 0.717) is 39.8 Å². The molecule has 0 aliphatic rings. The van der Waals surface area contributed by atoms with Gasteiger partial charge in [-0.05, 0) is 51.3 Å². The van der Waals surface area contributed by atoms with E-state index in [0.717, 1.165) is 22.3 Å². The molecule has 3 heterocycles. The molecular formula is C28H30ClN7O3. The molecule has 4 rings (SSSR count). The van der Waals surface area contributed by atoms with Crippen LogP contribution in [0.25, 0.3) is 22.2 Å². The molecule has 0 radical (unpaired) electrons. The lowest BCUT2D eigenvalue weighted by Crippen LogP contribution is -2.22. The van der Waals surface area contributed by atoms with Gasteiger partial charge in [-0.3, -0.25) is 9.78 Å². The Balaban J connectivity index is 1.92. The van der Waals surface area contributed by atoms with Crippen molar-refractivity contribution in [3.8, 4) is 28.7 Å². The standard InChI is InChI=1S/C28H30ClN7O3/c1-7-39-25-19(12-20(29)16(3)23(25)18-9-11-22(31-13-18)28(38)35(5)6)17(4)36-27-24(26(30)32-14-33-27)21(34-36)10-8-15(2)37/h9,11-15,17,37H,7H2,1-6H3,(H2,30,32,33). The SMILES string of the molecule is CCOc1c(C(C)n2nc(C#CC(C)O)c3c(N)ncnc32)cc(Cl)c(C)c1-c1ccc(C(=O)N(C)C)nc1. The van der Waals surface area contributed by atoms with E-state index in [-0.39, 0.29) is 11.7 Å². The van der Waals surface area contributed by atoms with Crippen LogP contribution in [0, 0.1) is 18.8 Å². The lowest BCUT2D eigenvalue weighted by atomic mass is 9.94. The number of halogens is 1. The quantitative estimate of drug-likeness (QED) is 0.348. The van der Waals surface area contributed by atoms with Crippen LogP contribution in [0.2, 0.25) is 5.02 Å². The zero-order valence-corrected chi connectivity index (χ0v) is 23.4. The van der Waals surface area contributed by atoms with Crippen LogP contribution in [-0.2, 0) is 0 Å². The summed E-state index contributed by atoms with van der Waals surface area (Å²) in [5, 5.41) is 15.4. The molecule has 1 aromatic carbocycles. The molecule has 0 aliphatic heterocycles. The van der Waals surface area contributed by atoms with Crippen LogP contribution in [0.1, 0.15) is 54.1 Å². The van der Waals surface area contributed by atoms with Crippen LogP contribution < -0.4 is 10.5 Å². The number of carbonyl (C=O) groups excluding carboxylic acids is 1. The monoisotopic (exact) mass is 547 g/mol. The van der Waals surface area contributed by atoms with Gasteiger partial charge in [0.05, 0.1) is 18.0 Å². The summed E-state index contributed by atoms with van der Waals surface area (Å²) in [5.74, 6) is 6.26. The van der Waals surface area contributed by atoms with E-state index < -0.39 is 12.1 Å². The van der Waals surface area contributed by atoms with Crippen molar-refractivity contribution >= 4 is 34.4 Å². The van der Waals surface area contributed by atoms with Gasteiger partial charge in [0.25, 0.3) is 5.91 Å². The first-order valence-electron chi connectivity index (χ1n) is 12.4. The number of nitrogens with two attached hydrogens (primary N) is 1. The van der Waals surface area contributed by atoms with E-state index in [1.54, 1.807) is 38.0 Å². The van der Waals surface area contributed by atoms with Crippen LogP contribution in [0.3, 0.4) is 0 Å². The number of aromatic nitrogens is 5. The number of hydrogen-bond acceptors (Lipinski definition) is 8. The summed E-state index contributed by atoms with van der Waals surface area (Å²) in [6.07, 6.45) is 2.17. The first-order chi connectivity index (χ1) is 18.5. The van der Waals surface area contributed by atoms with E-state index in [4.69, 9.17) is 27.2 Å². The highest BCUT2D eigenvalue weighted by atomic mass is 35.5. The van der Waals surface area contributed by atoms with Gasteiger partial charge in [-0.1, -0.05) is 23.6 Å². The Kier molecular flexibility index (Phi) is 8.04. The summed E-state index contributed by atoms with van der Waals surface area (Å²) < 4.78 is 7.92. The highest BCUT2D eigenvalue weighted by molar-refractivity contribution is 6.32. The Morgan fingerprint density at radius 2 is 2.00 bits per heavy atom. The fraction of sp³-hybridized carbons (Fsp3) is 0.321. The van der Waals surface area contributed by atoms with Gasteiger partial charge in [0.15, 0.2) is 5.65 Å². The Labute approximate surface area is 231 Å². The normalized spacial score (nSPS) is 12.5. The number of rotatable bonds is 6. The lowest BCUT2D eigenvalue weighted by Gasteiger charge is -2.23.